The summed E-state index contributed by atoms with van der Waals surface area (Å²) in [5.41, 5.74) is 2.86. The van der Waals surface area contributed by atoms with Gasteiger partial charge in [-0.2, -0.15) is 0 Å². The van der Waals surface area contributed by atoms with E-state index in [2.05, 4.69) is 10.2 Å². The molecule has 0 atom stereocenters. The Labute approximate surface area is 88.8 Å². The lowest BCUT2D eigenvalue weighted by Gasteiger charge is -2.12. The van der Waals surface area contributed by atoms with Gasteiger partial charge in [0.1, 0.15) is 5.75 Å². The van der Waals surface area contributed by atoms with E-state index in [0.29, 0.717) is 10.6 Å². The topological polar surface area (TPSA) is 47.3 Å². The fraction of sp³-hybridized carbons (Fsp3) is 0.250. The van der Waals surface area contributed by atoms with Gasteiger partial charge >= 0.3 is 6.36 Å². The van der Waals surface area contributed by atoms with Gasteiger partial charge in [0, 0.05) is 5.69 Å². The van der Waals surface area contributed by atoms with Gasteiger partial charge in [0.25, 0.3) is 0 Å². The Bertz CT molecular complexity index is 343. The summed E-state index contributed by atoms with van der Waals surface area (Å²) in [6.07, 6.45) is -3.03. The summed E-state index contributed by atoms with van der Waals surface area (Å²) in [4.78, 5) is 0.364. The van der Waals surface area contributed by atoms with Crippen LogP contribution in [0.25, 0.3) is 0 Å². The Morgan fingerprint density at radius 2 is 2.07 bits per heavy atom. The number of nitrogen functional groups attached to an aromatic ring is 1. The van der Waals surface area contributed by atoms with Crippen LogP contribution < -0.4 is 16.0 Å². The van der Waals surface area contributed by atoms with Crippen molar-refractivity contribution in [3.05, 3.63) is 18.2 Å². The first-order chi connectivity index (χ1) is 6.96. The third-order valence-electron chi connectivity index (χ3n) is 1.56. The van der Waals surface area contributed by atoms with Crippen LogP contribution in [0.4, 0.5) is 18.9 Å². The van der Waals surface area contributed by atoms with Gasteiger partial charge in [-0.3, -0.25) is 5.84 Å². The maximum Gasteiger partial charge on any atom is 0.573 e. The molecule has 0 amide bonds. The molecule has 3 nitrogen and oxygen atoms in total. The zero-order valence-corrected chi connectivity index (χ0v) is 8.58. The average Bonchev–Trinajstić information content (AvgIpc) is 2.16. The lowest BCUT2D eigenvalue weighted by Crippen LogP contribution is -2.17. The molecule has 0 spiro atoms. The monoisotopic (exact) mass is 238 g/mol. The second kappa shape index (κ2) is 4.63. The number of nitrogens with one attached hydrogen (secondary N) is 1. The minimum atomic E-state index is -4.68. The molecule has 0 fully saturated rings. The molecule has 0 aliphatic heterocycles. The molecule has 0 unspecified atom stereocenters. The molecule has 15 heavy (non-hydrogen) atoms. The molecular weight excluding hydrogens is 229 g/mol. The molecule has 84 valence electrons. The molecule has 0 aromatic heterocycles. The van der Waals surface area contributed by atoms with Crippen molar-refractivity contribution in [2.45, 2.75) is 11.3 Å². The molecule has 0 heterocycles. The predicted octanol–water partition coefficient (Wildman–Crippen LogP) is 2.59. The number of rotatable bonds is 3. The molecule has 0 radical (unpaired) electrons. The summed E-state index contributed by atoms with van der Waals surface area (Å²) in [6, 6.07) is 4.10. The van der Waals surface area contributed by atoms with Gasteiger partial charge in [-0.05, 0) is 24.5 Å². The van der Waals surface area contributed by atoms with Crippen LogP contribution >= 0.6 is 11.8 Å². The summed E-state index contributed by atoms with van der Waals surface area (Å²) < 4.78 is 39.7. The smallest absolute Gasteiger partial charge is 0.405 e. The van der Waals surface area contributed by atoms with E-state index < -0.39 is 6.36 Å². The van der Waals surface area contributed by atoms with E-state index in [9.17, 15) is 13.2 Å². The van der Waals surface area contributed by atoms with Crippen molar-refractivity contribution in [3.63, 3.8) is 0 Å². The number of hydrogen-bond acceptors (Lipinski definition) is 4. The summed E-state index contributed by atoms with van der Waals surface area (Å²) in [5.74, 6) is 4.90. The van der Waals surface area contributed by atoms with Gasteiger partial charge in [0.2, 0.25) is 0 Å². The Kier molecular flexibility index (Phi) is 3.70. The van der Waals surface area contributed by atoms with Crippen molar-refractivity contribution in [1.29, 1.82) is 0 Å². The minimum Gasteiger partial charge on any atom is -0.405 e. The van der Waals surface area contributed by atoms with E-state index in [0.717, 1.165) is 11.8 Å². The van der Waals surface area contributed by atoms with E-state index in [4.69, 9.17) is 5.84 Å². The average molecular weight is 238 g/mol. The minimum absolute atomic E-state index is 0.228. The molecule has 1 aromatic carbocycles. The maximum absolute atomic E-state index is 12.0. The fourth-order valence-electron chi connectivity index (χ4n) is 0.966. The Balaban J connectivity index is 2.97. The maximum atomic E-state index is 12.0. The van der Waals surface area contributed by atoms with Crippen LogP contribution in [-0.4, -0.2) is 12.6 Å². The van der Waals surface area contributed by atoms with Gasteiger partial charge < -0.3 is 10.2 Å². The zero-order chi connectivity index (χ0) is 11.5. The second-order valence-electron chi connectivity index (χ2n) is 2.56. The number of anilines is 1. The molecule has 3 N–H and O–H groups in total. The SMILES string of the molecule is CSc1cc(NN)ccc1OC(F)(F)F. The summed E-state index contributed by atoms with van der Waals surface area (Å²) in [7, 11) is 0. The third-order valence-corrected chi connectivity index (χ3v) is 2.31. The van der Waals surface area contributed by atoms with Crippen LogP contribution in [0, 0.1) is 0 Å². The van der Waals surface area contributed by atoms with E-state index in [1.807, 2.05) is 0 Å². The molecule has 1 aromatic rings. The normalized spacial score (nSPS) is 11.3. The van der Waals surface area contributed by atoms with Crippen LogP contribution in [0.2, 0.25) is 0 Å². The summed E-state index contributed by atoms with van der Waals surface area (Å²) >= 11 is 1.15. The van der Waals surface area contributed by atoms with Gasteiger partial charge in [-0.1, -0.05) is 0 Å². The van der Waals surface area contributed by atoms with Crippen LogP contribution in [-0.2, 0) is 0 Å². The van der Waals surface area contributed by atoms with Gasteiger partial charge in [-0.15, -0.1) is 24.9 Å². The molecule has 0 saturated heterocycles. The van der Waals surface area contributed by atoms with Crippen LogP contribution in [0.1, 0.15) is 0 Å². The molecule has 0 aliphatic carbocycles. The van der Waals surface area contributed by atoms with Crippen LogP contribution in [0.5, 0.6) is 5.75 Å². The highest BCUT2D eigenvalue weighted by atomic mass is 32.2. The Morgan fingerprint density at radius 1 is 1.40 bits per heavy atom. The third kappa shape index (κ3) is 3.52. The number of alkyl halides is 3. The standard InChI is InChI=1S/C8H9F3N2OS/c1-15-7-4-5(13-12)2-3-6(7)14-8(9,10)11/h2-4,13H,12H2,1H3. The number of halogens is 3. The lowest BCUT2D eigenvalue weighted by molar-refractivity contribution is -0.275. The van der Waals surface area contributed by atoms with Crippen LogP contribution in [0.3, 0.4) is 0 Å². The molecule has 0 bridgehead atoms. The zero-order valence-electron chi connectivity index (χ0n) is 7.76. The largest absolute Gasteiger partial charge is 0.573 e. The number of nitrogens with two attached hydrogens (primary N) is 1. The Morgan fingerprint density at radius 3 is 2.53 bits per heavy atom. The van der Waals surface area contributed by atoms with E-state index in [1.165, 1.54) is 18.2 Å². The highest BCUT2D eigenvalue weighted by Crippen LogP contribution is 2.33. The summed E-state index contributed by atoms with van der Waals surface area (Å²) in [5, 5.41) is 0. The van der Waals surface area contributed by atoms with Crippen molar-refractivity contribution >= 4 is 17.4 Å². The number of thioether (sulfide) groups is 1. The number of ether oxygens (including phenoxy) is 1. The van der Waals surface area contributed by atoms with Crippen molar-refractivity contribution in [1.82, 2.24) is 0 Å². The highest BCUT2D eigenvalue weighted by molar-refractivity contribution is 7.98. The molecule has 0 aliphatic rings. The van der Waals surface area contributed by atoms with Crippen molar-refractivity contribution in [2.75, 3.05) is 11.7 Å². The first-order valence-corrected chi connectivity index (χ1v) is 5.09. The van der Waals surface area contributed by atoms with Gasteiger partial charge in [-0.25, -0.2) is 0 Å². The van der Waals surface area contributed by atoms with E-state index in [1.54, 1.807) is 6.26 Å². The molecule has 7 heteroatoms. The Hall–Kier alpha value is -1.08. The first-order valence-electron chi connectivity index (χ1n) is 3.86. The van der Waals surface area contributed by atoms with Gasteiger partial charge in [0.05, 0.1) is 4.90 Å². The van der Waals surface area contributed by atoms with Crippen molar-refractivity contribution < 1.29 is 17.9 Å². The van der Waals surface area contributed by atoms with Crippen molar-refractivity contribution in [2.24, 2.45) is 5.84 Å². The van der Waals surface area contributed by atoms with Crippen LogP contribution in [0.15, 0.2) is 23.1 Å². The van der Waals surface area contributed by atoms with Crippen molar-refractivity contribution in [3.8, 4) is 5.75 Å². The number of benzene rings is 1. The number of hydrogen-bond donors (Lipinski definition) is 2. The molecule has 0 saturated carbocycles. The molecular formula is C8H9F3N2OS. The van der Waals surface area contributed by atoms with E-state index >= 15 is 0 Å². The summed E-state index contributed by atoms with van der Waals surface area (Å²) in [6.45, 7) is 0. The van der Waals surface area contributed by atoms with Gasteiger partial charge in [0.15, 0.2) is 0 Å². The number of hydrazine groups is 1. The molecule has 1 rings (SSSR count). The first kappa shape index (κ1) is 12.0. The lowest BCUT2D eigenvalue weighted by atomic mass is 10.3. The van der Waals surface area contributed by atoms with E-state index in [-0.39, 0.29) is 5.75 Å². The highest BCUT2D eigenvalue weighted by Gasteiger charge is 2.32. The fourth-order valence-corrected chi connectivity index (χ4v) is 1.52. The predicted molar refractivity (Wildman–Crippen MR) is 52.7 cm³/mol. The quantitative estimate of drug-likeness (QED) is 0.482. The second-order valence-corrected chi connectivity index (χ2v) is 3.41.